The van der Waals surface area contributed by atoms with Gasteiger partial charge in [-0.1, -0.05) is 30.0 Å². The van der Waals surface area contributed by atoms with Gasteiger partial charge in [0.1, 0.15) is 11.5 Å². The van der Waals surface area contributed by atoms with Gasteiger partial charge in [0.15, 0.2) is 0 Å². The fourth-order valence-electron chi connectivity index (χ4n) is 7.60. The zero-order chi connectivity index (χ0) is 26.3. The summed E-state index contributed by atoms with van der Waals surface area (Å²) in [6.45, 7) is 5.59. The number of aromatic nitrogens is 1. The van der Waals surface area contributed by atoms with Crippen LogP contribution in [0.4, 0.5) is 0 Å². The van der Waals surface area contributed by atoms with Crippen LogP contribution in [0.2, 0.25) is 0 Å². The summed E-state index contributed by atoms with van der Waals surface area (Å²) in [6, 6.07) is 9.88. The van der Waals surface area contributed by atoms with E-state index in [1.165, 1.54) is 37.4 Å². The Hall–Kier alpha value is -2.48. The molecule has 8 heteroatoms. The van der Waals surface area contributed by atoms with Gasteiger partial charge in [0.05, 0.1) is 5.41 Å². The van der Waals surface area contributed by atoms with Crippen molar-refractivity contribution in [2.24, 2.45) is 23.2 Å². The largest absolute Gasteiger partial charge is 0.474 e. The molecule has 1 N–H and O–H groups in total. The summed E-state index contributed by atoms with van der Waals surface area (Å²) in [5.74, 6) is 2.54. The van der Waals surface area contributed by atoms with Gasteiger partial charge in [0.25, 0.3) is 11.8 Å². The summed E-state index contributed by atoms with van der Waals surface area (Å²) in [7, 11) is 0. The van der Waals surface area contributed by atoms with E-state index in [1.807, 2.05) is 49.1 Å². The first-order valence-electron chi connectivity index (χ1n) is 14.3. The zero-order valence-corrected chi connectivity index (χ0v) is 23.4. The Morgan fingerprint density at radius 3 is 2.32 bits per heavy atom. The Morgan fingerprint density at radius 2 is 1.68 bits per heavy atom. The van der Waals surface area contributed by atoms with E-state index in [1.54, 1.807) is 0 Å². The Balaban J connectivity index is 1.21. The highest BCUT2D eigenvalue weighted by atomic mass is 32.2. The summed E-state index contributed by atoms with van der Waals surface area (Å²) in [5.41, 5.74) is -0.843. The number of amides is 2. The van der Waals surface area contributed by atoms with Gasteiger partial charge in [-0.2, -0.15) is 0 Å². The molecular formula is C30H39N3O4S. The van der Waals surface area contributed by atoms with E-state index in [0.717, 1.165) is 67.8 Å². The molecule has 38 heavy (non-hydrogen) atoms. The van der Waals surface area contributed by atoms with Gasteiger partial charge in [-0.05, 0) is 107 Å². The molecule has 1 aliphatic heterocycles. The number of rotatable bonds is 8. The average molecular weight is 538 g/mol. The minimum Gasteiger partial charge on any atom is -0.474 e. The van der Waals surface area contributed by atoms with Crippen molar-refractivity contribution in [3.63, 3.8) is 0 Å². The summed E-state index contributed by atoms with van der Waals surface area (Å²) in [6.07, 6.45) is 10.4. The first kappa shape index (κ1) is 25.8. The number of ether oxygens (including phenoxy) is 1. The van der Waals surface area contributed by atoms with Crippen LogP contribution in [0.15, 0.2) is 44.6 Å². The molecule has 1 aromatic heterocycles. The van der Waals surface area contributed by atoms with Crippen LogP contribution in [0.1, 0.15) is 82.2 Å². The first-order valence-corrected chi connectivity index (χ1v) is 15.1. The minimum absolute atomic E-state index is 0.0951. The molecule has 7 nitrogen and oxygen atoms in total. The van der Waals surface area contributed by atoms with Crippen molar-refractivity contribution in [1.82, 2.24) is 15.4 Å². The Morgan fingerprint density at radius 1 is 1.05 bits per heavy atom. The third-order valence-electron chi connectivity index (χ3n) is 9.00. The molecule has 2 heterocycles. The monoisotopic (exact) mass is 537 g/mol. The van der Waals surface area contributed by atoms with Crippen LogP contribution in [-0.4, -0.2) is 47.1 Å². The highest BCUT2D eigenvalue weighted by Crippen LogP contribution is 2.55. The maximum atomic E-state index is 13.7. The molecule has 4 bridgehead atoms. The predicted molar refractivity (Wildman–Crippen MR) is 145 cm³/mol. The molecule has 2 amide bonds. The van der Waals surface area contributed by atoms with Crippen molar-refractivity contribution in [3.8, 4) is 5.88 Å². The second-order valence-corrected chi connectivity index (χ2v) is 13.8. The number of benzene rings is 1. The Kier molecular flexibility index (Phi) is 6.95. The smallest absolute Gasteiger partial charge is 0.291 e. The van der Waals surface area contributed by atoms with Crippen molar-refractivity contribution in [1.29, 1.82) is 0 Å². The normalized spacial score (nSPS) is 28.4. The minimum atomic E-state index is -0.716. The predicted octanol–water partition coefficient (Wildman–Crippen LogP) is 5.94. The van der Waals surface area contributed by atoms with E-state index in [4.69, 9.17) is 9.26 Å². The number of piperidine rings is 1. The fraction of sp³-hybridized carbons (Fsp3) is 0.633. The van der Waals surface area contributed by atoms with Crippen molar-refractivity contribution in [2.45, 2.75) is 87.0 Å². The third kappa shape index (κ3) is 5.21. The SMILES string of the molecule is CC(C)(COc1noc(C(=O)NC23CC4CC(CC(C4)C2)C3)c1Sc1ccccc1)C(=O)N1CCCCC1. The fourth-order valence-corrected chi connectivity index (χ4v) is 8.53. The van der Waals surface area contributed by atoms with Gasteiger partial charge in [-0.25, -0.2) is 0 Å². The molecule has 5 fully saturated rings. The molecule has 204 valence electrons. The molecule has 1 aromatic carbocycles. The number of nitrogens with zero attached hydrogens (tertiary/aromatic N) is 2. The topological polar surface area (TPSA) is 84.7 Å². The van der Waals surface area contributed by atoms with Crippen molar-refractivity contribution < 1.29 is 18.8 Å². The number of carbonyl (C=O) groups is 2. The number of hydrogen-bond acceptors (Lipinski definition) is 6. The second-order valence-electron chi connectivity index (χ2n) is 12.7. The lowest BCUT2D eigenvalue weighted by Gasteiger charge is -2.56. The molecule has 0 atom stereocenters. The number of hydrogen-bond donors (Lipinski definition) is 1. The van der Waals surface area contributed by atoms with E-state index in [-0.39, 0.29) is 35.6 Å². The molecule has 4 aliphatic carbocycles. The number of likely N-dealkylation sites (tertiary alicyclic amines) is 1. The van der Waals surface area contributed by atoms with Crippen LogP contribution >= 0.6 is 11.8 Å². The second kappa shape index (κ2) is 10.2. The van der Waals surface area contributed by atoms with Crippen molar-refractivity contribution in [3.05, 3.63) is 36.1 Å². The molecule has 0 radical (unpaired) electrons. The van der Waals surface area contributed by atoms with E-state index in [9.17, 15) is 9.59 Å². The van der Waals surface area contributed by atoms with Crippen LogP contribution < -0.4 is 10.1 Å². The molecule has 4 saturated carbocycles. The van der Waals surface area contributed by atoms with Crippen molar-refractivity contribution in [2.75, 3.05) is 19.7 Å². The maximum Gasteiger partial charge on any atom is 0.291 e. The highest BCUT2D eigenvalue weighted by molar-refractivity contribution is 7.99. The average Bonchev–Trinajstić information content (AvgIpc) is 3.29. The van der Waals surface area contributed by atoms with E-state index < -0.39 is 5.41 Å². The highest BCUT2D eigenvalue weighted by Gasteiger charge is 2.52. The zero-order valence-electron chi connectivity index (χ0n) is 22.5. The van der Waals surface area contributed by atoms with Gasteiger partial charge < -0.3 is 19.5 Å². The summed E-state index contributed by atoms with van der Waals surface area (Å²) in [5, 5.41) is 7.61. The summed E-state index contributed by atoms with van der Waals surface area (Å²) < 4.78 is 11.8. The van der Waals surface area contributed by atoms with E-state index >= 15 is 0 Å². The Labute approximate surface area is 229 Å². The third-order valence-corrected chi connectivity index (χ3v) is 10.1. The van der Waals surface area contributed by atoms with Crippen LogP contribution in [0.5, 0.6) is 5.88 Å². The molecule has 2 aromatic rings. The first-order chi connectivity index (χ1) is 18.3. The standard InChI is InChI=1S/C30H39N3O4S/c1-29(2,28(35)33-11-7-4-8-12-33)19-36-27-25(38-23-9-5-3-6-10-23)24(37-32-27)26(34)31-30-16-20-13-21(17-30)15-22(14-20)18-30/h3,5-6,9-10,20-22H,4,7-8,11-19H2,1-2H3,(H,31,34). The Bertz CT molecular complexity index is 1140. The lowest BCUT2D eigenvalue weighted by Crippen LogP contribution is -2.59. The van der Waals surface area contributed by atoms with Gasteiger partial charge >= 0.3 is 0 Å². The number of carbonyl (C=O) groups excluding carboxylic acids is 2. The maximum absolute atomic E-state index is 13.7. The quantitative estimate of drug-likeness (QED) is 0.449. The lowest BCUT2D eigenvalue weighted by atomic mass is 9.53. The van der Waals surface area contributed by atoms with Crippen LogP contribution in [-0.2, 0) is 4.79 Å². The van der Waals surface area contributed by atoms with Gasteiger partial charge in [0.2, 0.25) is 11.7 Å². The van der Waals surface area contributed by atoms with Gasteiger partial charge in [-0.15, -0.1) is 0 Å². The lowest BCUT2D eigenvalue weighted by molar-refractivity contribution is -0.143. The molecule has 5 aliphatic rings. The molecule has 1 saturated heterocycles. The van der Waals surface area contributed by atoms with Crippen molar-refractivity contribution >= 4 is 23.6 Å². The van der Waals surface area contributed by atoms with Crippen LogP contribution in [0, 0.1) is 23.2 Å². The number of nitrogens with one attached hydrogen (secondary N) is 1. The molecular weight excluding hydrogens is 498 g/mol. The van der Waals surface area contributed by atoms with E-state index in [2.05, 4.69) is 10.5 Å². The van der Waals surface area contributed by atoms with Gasteiger partial charge in [-0.3, -0.25) is 9.59 Å². The molecule has 7 rings (SSSR count). The molecule has 0 unspecified atom stereocenters. The summed E-state index contributed by atoms with van der Waals surface area (Å²) in [4.78, 5) is 30.4. The van der Waals surface area contributed by atoms with Gasteiger partial charge in [0, 0.05) is 23.5 Å². The van der Waals surface area contributed by atoms with Crippen LogP contribution in [0.3, 0.4) is 0 Å². The van der Waals surface area contributed by atoms with E-state index in [0.29, 0.717) is 4.90 Å². The molecule has 0 spiro atoms. The summed E-state index contributed by atoms with van der Waals surface area (Å²) >= 11 is 1.42. The van der Waals surface area contributed by atoms with Crippen LogP contribution in [0.25, 0.3) is 0 Å².